The molecule has 0 rings (SSSR count). The molecule has 0 aliphatic rings. The van der Waals surface area contributed by atoms with Gasteiger partial charge in [-0.25, -0.2) is 0 Å². The van der Waals surface area contributed by atoms with Crippen LogP contribution in [0.1, 0.15) is 33.6 Å². The van der Waals surface area contributed by atoms with E-state index in [0.717, 1.165) is 6.42 Å². The van der Waals surface area contributed by atoms with Crippen molar-refractivity contribution in [2.45, 2.75) is 33.6 Å². The Hall–Kier alpha value is -0.300. The van der Waals surface area contributed by atoms with Crippen LogP contribution in [0.25, 0.3) is 0 Å². The molecule has 11 heavy (non-hydrogen) atoms. The zero-order valence-electron chi connectivity index (χ0n) is 7.41. The van der Waals surface area contributed by atoms with Crippen LogP contribution in [0.2, 0.25) is 0 Å². The first-order valence-corrected chi connectivity index (χ1v) is 4.08. The maximum Gasteiger partial charge on any atom is 0.247 e. The Kier molecular flexibility index (Phi) is 3.81. The molecule has 0 N–H and O–H groups in total. The first-order valence-electron chi connectivity index (χ1n) is 3.70. The van der Waals surface area contributed by atoms with Crippen molar-refractivity contribution in [1.82, 2.24) is 0 Å². The summed E-state index contributed by atoms with van der Waals surface area (Å²) >= 11 is 5.22. The van der Waals surface area contributed by atoms with Gasteiger partial charge in [0.2, 0.25) is 5.24 Å². The third-order valence-corrected chi connectivity index (χ3v) is 1.72. The Morgan fingerprint density at radius 2 is 1.91 bits per heavy atom. The van der Waals surface area contributed by atoms with Crippen LogP contribution in [0, 0.1) is 5.41 Å². The average Bonchev–Trinajstić information content (AvgIpc) is 1.80. The van der Waals surface area contributed by atoms with E-state index in [1.54, 1.807) is 0 Å². The van der Waals surface area contributed by atoms with E-state index < -0.39 is 5.24 Å². The van der Waals surface area contributed by atoms with Crippen LogP contribution in [0.3, 0.4) is 0 Å². The van der Waals surface area contributed by atoms with Gasteiger partial charge in [-0.1, -0.05) is 27.4 Å². The topological polar surface area (TPSA) is 17.1 Å². The molecule has 0 bridgehead atoms. The van der Waals surface area contributed by atoms with Crippen LogP contribution in [0.4, 0.5) is 0 Å². The number of hydrogen-bond donors (Lipinski definition) is 0. The van der Waals surface area contributed by atoms with Gasteiger partial charge in [-0.3, -0.25) is 4.79 Å². The second-order valence-electron chi connectivity index (χ2n) is 3.94. The molecule has 0 spiro atoms. The first kappa shape index (κ1) is 10.7. The summed E-state index contributed by atoms with van der Waals surface area (Å²) in [4.78, 5) is 10.5. The Morgan fingerprint density at radius 3 is 2.18 bits per heavy atom. The molecule has 0 aromatic rings. The lowest BCUT2D eigenvalue weighted by Crippen LogP contribution is -2.06. The van der Waals surface area contributed by atoms with Crippen molar-refractivity contribution in [3.8, 4) is 0 Å². The maximum absolute atomic E-state index is 10.5. The summed E-state index contributed by atoms with van der Waals surface area (Å²) in [6, 6.07) is 0. The summed E-state index contributed by atoms with van der Waals surface area (Å²) < 4.78 is 0. The summed E-state index contributed by atoms with van der Waals surface area (Å²) in [5, 5.41) is -0.408. The van der Waals surface area contributed by atoms with Gasteiger partial charge in [-0.05, 0) is 29.9 Å². The quantitative estimate of drug-likeness (QED) is 0.475. The lowest BCUT2D eigenvalue weighted by atomic mass is 9.89. The molecule has 0 fully saturated rings. The molecule has 0 atom stereocenters. The van der Waals surface area contributed by atoms with Crippen LogP contribution >= 0.6 is 11.6 Å². The van der Waals surface area contributed by atoms with Crippen molar-refractivity contribution < 1.29 is 4.79 Å². The molecule has 0 amide bonds. The SMILES string of the molecule is C=C(CCC(C)(C)C)C(=O)Cl. The first-order chi connectivity index (χ1) is 4.83. The molecule has 0 unspecified atom stereocenters. The van der Waals surface area contributed by atoms with Crippen molar-refractivity contribution >= 4 is 16.8 Å². The third kappa shape index (κ3) is 6.11. The van der Waals surface area contributed by atoms with E-state index in [4.69, 9.17) is 11.6 Å². The Bertz CT molecular complexity index is 165. The van der Waals surface area contributed by atoms with Crippen LogP contribution in [-0.4, -0.2) is 5.24 Å². The number of allylic oxidation sites excluding steroid dienone is 1. The second kappa shape index (κ2) is 3.91. The molecular formula is C9H15ClO. The van der Waals surface area contributed by atoms with Crippen LogP contribution in [0.15, 0.2) is 12.2 Å². The molecule has 0 saturated heterocycles. The van der Waals surface area contributed by atoms with E-state index in [-0.39, 0.29) is 5.41 Å². The predicted molar refractivity (Wildman–Crippen MR) is 48.7 cm³/mol. The predicted octanol–water partition coefficient (Wildman–Crippen LogP) is 3.13. The van der Waals surface area contributed by atoms with E-state index in [0.29, 0.717) is 12.0 Å². The Morgan fingerprint density at radius 1 is 1.45 bits per heavy atom. The molecule has 0 radical (unpaired) electrons. The van der Waals surface area contributed by atoms with Crippen LogP contribution in [-0.2, 0) is 4.79 Å². The van der Waals surface area contributed by atoms with Gasteiger partial charge in [0.15, 0.2) is 0 Å². The fraction of sp³-hybridized carbons (Fsp3) is 0.667. The molecule has 2 heteroatoms. The molecule has 0 saturated carbocycles. The van der Waals surface area contributed by atoms with Gasteiger partial charge in [0.05, 0.1) is 0 Å². The minimum atomic E-state index is -0.408. The van der Waals surface area contributed by atoms with Crippen molar-refractivity contribution in [3.05, 3.63) is 12.2 Å². The highest BCUT2D eigenvalue weighted by molar-refractivity contribution is 6.67. The highest BCUT2D eigenvalue weighted by Gasteiger charge is 2.12. The number of carbonyl (C=O) groups is 1. The average molecular weight is 175 g/mol. The zero-order chi connectivity index (χ0) is 9.07. The molecular weight excluding hydrogens is 160 g/mol. The van der Waals surface area contributed by atoms with Crippen LogP contribution < -0.4 is 0 Å². The number of halogens is 1. The van der Waals surface area contributed by atoms with Gasteiger partial charge in [0.25, 0.3) is 0 Å². The Labute approximate surface area is 73.4 Å². The van der Waals surface area contributed by atoms with Gasteiger partial charge >= 0.3 is 0 Å². The smallest absolute Gasteiger partial charge is 0.247 e. The summed E-state index contributed by atoms with van der Waals surface area (Å²) in [6.45, 7) is 9.95. The maximum atomic E-state index is 10.5. The Balaban J connectivity index is 3.73. The standard InChI is InChI=1S/C9H15ClO/c1-7(8(10)11)5-6-9(2,3)4/h1,5-6H2,2-4H3. The summed E-state index contributed by atoms with van der Waals surface area (Å²) in [5.41, 5.74) is 0.761. The fourth-order valence-corrected chi connectivity index (χ4v) is 0.719. The molecule has 64 valence electrons. The van der Waals surface area contributed by atoms with Crippen molar-refractivity contribution in [2.24, 2.45) is 5.41 Å². The van der Waals surface area contributed by atoms with Crippen molar-refractivity contribution in [3.63, 3.8) is 0 Å². The van der Waals surface area contributed by atoms with Crippen LogP contribution in [0.5, 0.6) is 0 Å². The van der Waals surface area contributed by atoms with Gasteiger partial charge in [-0.15, -0.1) is 0 Å². The highest BCUT2D eigenvalue weighted by atomic mass is 35.5. The van der Waals surface area contributed by atoms with Gasteiger partial charge in [0, 0.05) is 5.57 Å². The molecule has 0 aromatic heterocycles. The normalized spacial score (nSPS) is 11.3. The monoisotopic (exact) mass is 174 g/mol. The number of rotatable bonds is 3. The molecule has 0 aliphatic heterocycles. The zero-order valence-corrected chi connectivity index (χ0v) is 8.16. The minimum absolute atomic E-state index is 0.245. The summed E-state index contributed by atoms with van der Waals surface area (Å²) in [6.07, 6.45) is 1.65. The van der Waals surface area contributed by atoms with Gasteiger partial charge in [-0.2, -0.15) is 0 Å². The lowest BCUT2D eigenvalue weighted by molar-refractivity contribution is -0.108. The summed E-state index contributed by atoms with van der Waals surface area (Å²) in [5.74, 6) is 0. The van der Waals surface area contributed by atoms with Crippen molar-refractivity contribution in [1.29, 1.82) is 0 Å². The van der Waals surface area contributed by atoms with Crippen molar-refractivity contribution in [2.75, 3.05) is 0 Å². The van der Waals surface area contributed by atoms with E-state index in [9.17, 15) is 4.79 Å². The molecule has 1 nitrogen and oxygen atoms in total. The lowest BCUT2D eigenvalue weighted by Gasteiger charge is -2.17. The third-order valence-electron chi connectivity index (χ3n) is 1.45. The van der Waals surface area contributed by atoms with E-state index in [1.807, 2.05) is 0 Å². The number of carbonyl (C=O) groups excluding carboxylic acids is 1. The molecule has 0 heterocycles. The van der Waals surface area contributed by atoms with Gasteiger partial charge in [0.1, 0.15) is 0 Å². The van der Waals surface area contributed by atoms with Gasteiger partial charge < -0.3 is 0 Å². The minimum Gasteiger partial charge on any atom is -0.276 e. The molecule has 0 aliphatic carbocycles. The molecule has 0 aromatic carbocycles. The summed E-state index contributed by atoms with van der Waals surface area (Å²) in [7, 11) is 0. The highest BCUT2D eigenvalue weighted by Crippen LogP contribution is 2.23. The number of hydrogen-bond acceptors (Lipinski definition) is 1. The largest absolute Gasteiger partial charge is 0.276 e. The fourth-order valence-electron chi connectivity index (χ4n) is 0.624. The van der Waals surface area contributed by atoms with E-state index in [2.05, 4.69) is 27.4 Å². The second-order valence-corrected chi connectivity index (χ2v) is 4.28. The van der Waals surface area contributed by atoms with E-state index in [1.165, 1.54) is 0 Å². The van der Waals surface area contributed by atoms with E-state index >= 15 is 0 Å².